The van der Waals surface area contributed by atoms with Gasteiger partial charge in [-0.1, -0.05) is 12.7 Å². The van der Waals surface area contributed by atoms with Crippen LogP contribution in [-0.2, 0) is 0 Å². The molecule has 0 atom stereocenters. The molecular weight excluding hydrogens is 144 g/mol. The van der Waals surface area contributed by atoms with Crippen molar-refractivity contribution >= 4 is 0 Å². The van der Waals surface area contributed by atoms with Gasteiger partial charge in [-0.2, -0.15) is 0 Å². The maximum atomic E-state index is 10.2. The van der Waals surface area contributed by atoms with Crippen LogP contribution in [0.3, 0.4) is 0 Å². The van der Waals surface area contributed by atoms with E-state index in [9.17, 15) is 10.1 Å². The van der Waals surface area contributed by atoms with Crippen LogP contribution >= 0.6 is 0 Å². The average Bonchev–Trinajstić information content (AvgIpc) is 1.88. The lowest BCUT2D eigenvalue weighted by Gasteiger charge is -1.94. The van der Waals surface area contributed by atoms with Crippen molar-refractivity contribution in [3.05, 3.63) is 46.3 Å². The standard InChI is InChI=1S/C7H10N2O2/c1-3-5-6(8)7(4-2)9(10)11/h3-5H,1,8H2,2H3/b6-5+,7-4+. The summed E-state index contributed by atoms with van der Waals surface area (Å²) >= 11 is 0. The zero-order valence-electron chi connectivity index (χ0n) is 6.28. The summed E-state index contributed by atoms with van der Waals surface area (Å²) in [5.41, 5.74) is 5.35. The van der Waals surface area contributed by atoms with Gasteiger partial charge in [-0.25, -0.2) is 0 Å². The van der Waals surface area contributed by atoms with Crippen molar-refractivity contribution in [2.75, 3.05) is 0 Å². The van der Waals surface area contributed by atoms with E-state index >= 15 is 0 Å². The van der Waals surface area contributed by atoms with E-state index in [2.05, 4.69) is 6.58 Å². The number of hydrogen-bond acceptors (Lipinski definition) is 3. The number of nitrogens with two attached hydrogens (primary N) is 1. The lowest BCUT2D eigenvalue weighted by Crippen LogP contribution is -2.08. The second-order valence-corrected chi connectivity index (χ2v) is 1.79. The Labute approximate surface area is 64.9 Å². The fourth-order valence-electron chi connectivity index (χ4n) is 0.590. The summed E-state index contributed by atoms with van der Waals surface area (Å²) < 4.78 is 0. The van der Waals surface area contributed by atoms with Crippen molar-refractivity contribution in [2.24, 2.45) is 5.73 Å². The van der Waals surface area contributed by atoms with Gasteiger partial charge >= 0.3 is 0 Å². The summed E-state index contributed by atoms with van der Waals surface area (Å²) in [6.07, 6.45) is 4.13. The van der Waals surface area contributed by atoms with Crippen LogP contribution in [-0.4, -0.2) is 4.92 Å². The van der Waals surface area contributed by atoms with E-state index in [0.29, 0.717) is 0 Å². The molecule has 2 N–H and O–H groups in total. The molecule has 4 heteroatoms. The zero-order valence-corrected chi connectivity index (χ0v) is 6.28. The number of hydrogen-bond donors (Lipinski definition) is 1. The monoisotopic (exact) mass is 154 g/mol. The Morgan fingerprint density at radius 1 is 1.73 bits per heavy atom. The first-order valence-corrected chi connectivity index (χ1v) is 3.02. The van der Waals surface area contributed by atoms with Crippen LogP contribution in [0.1, 0.15) is 6.92 Å². The van der Waals surface area contributed by atoms with Crippen LogP contribution < -0.4 is 5.73 Å². The van der Waals surface area contributed by atoms with Gasteiger partial charge in [0.05, 0.1) is 4.92 Å². The third-order valence-electron chi connectivity index (χ3n) is 1.06. The van der Waals surface area contributed by atoms with Crippen molar-refractivity contribution in [3.63, 3.8) is 0 Å². The molecule has 0 aromatic heterocycles. The van der Waals surface area contributed by atoms with Gasteiger partial charge in [-0.3, -0.25) is 10.1 Å². The van der Waals surface area contributed by atoms with Crippen LogP contribution in [0, 0.1) is 10.1 Å². The molecule has 0 fully saturated rings. The van der Waals surface area contributed by atoms with E-state index in [1.807, 2.05) is 0 Å². The SMILES string of the molecule is C=C/C=C(N)\C(=C/C)[N+](=O)[O-]. The molecule has 0 amide bonds. The molecule has 0 aliphatic rings. The highest BCUT2D eigenvalue weighted by atomic mass is 16.6. The van der Waals surface area contributed by atoms with Crippen molar-refractivity contribution in [1.82, 2.24) is 0 Å². The molecule has 11 heavy (non-hydrogen) atoms. The maximum Gasteiger partial charge on any atom is 0.287 e. The molecule has 60 valence electrons. The number of nitrogens with zero attached hydrogens (tertiary/aromatic N) is 1. The van der Waals surface area contributed by atoms with Crippen LogP contribution in [0.25, 0.3) is 0 Å². The molecule has 0 saturated heterocycles. The average molecular weight is 154 g/mol. The Morgan fingerprint density at radius 3 is 2.55 bits per heavy atom. The summed E-state index contributed by atoms with van der Waals surface area (Å²) in [4.78, 5) is 9.70. The van der Waals surface area contributed by atoms with Gasteiger partial charge in [-0.15, -0.1) is 0 Å². The third kappa shape index (κ3) is 2.66. The highest BCUT2D eigenvalue weighted by Gasteiger charge is 2.10. The number of allylic oxidation sites excluding steroid dienone is 3. The van der Waals surface area contributed by atoms with E-state index in [-0.39, 0.29) is 11.4 Å². The van der Waals surface area contributed by atoms with Gasteiger partial charge in [0.15, 0.2) is 0 Å². The summed E-state index contributed by atoms with van der Waals surface area (Å²) in [6.45, 7) is 4.93. The molecule has 0 radical (unpaired) electrons. The molecular formula is C7H10N2O2. The van der Waals surface area contributed by atoms with Crippen LogP contribution in [0.15, 0.2) is 36.2 Å². The molecule has 0 aliphatic heterocycles. The van der Waals surface area contributed by atoms with Gasteiger partial charge in [0.2, 0.25) is 0 Å². The topological polar surface area (TPSA) is 69.2 Å². The number of nitro groups is 1. The van der Waals surface area contributed by atoms with Crippen molar-refractivity contribution in [2.45, 2.75) is 6.92 Å². The molecule has 0 heterocycles. The minimum Gasteiger partial charge on any atom is -0.393 e. The van der Waals surface area contributed by atoms with Gasteiger partial charge in [-0.05, 0) is 19.1 Å². The van der Waals surface area contributed by atoms with Crippen LogP contribution in [0.5, 0.6) is 0 Å². The molecule has 0 aromatic carbocycles. The fourth-order valence-corrected chi connectivity index (χ4v) is 0.590. The Morgan fingerprint density at radius 2 is 2.27 bits per heavy atom. The fraction of sp³-hybridized carbons (Fsp3) is 0.143. The highest BCUT2D eigenvalue weighted by Crippen LogP contribution is 2.03. The first-order valence-electron chi connectivity index (χ1n) is 3.02. The lowest BCUT2D eigenvalue weighted by atomic mass is 10.3. The molecule has 0 saturated carbocycles. The minimum atomic E-state index is -0.532. The minimum absolute atomic E-state index is 0.0927. The summed E-state index contributed by atoms with van der Waals surface area (Å²) in [7, 11) is 0. The van der Waals surface area contributed by atoms with Crippen molar-refractivity contribution in [1.29, 1.82) is 0 Å². The Balaban J connectivity index is 4.67. The molecule has 0 bridgehead atoms. The first kappa shape index (κ1) is 9.42. The molecule has 0 unspecified atom stereocenters. The predicted molar refractivity (Wildman–Crippen MR) is 43.2 cm³/mol. The van der Waals surface area contributed by atoms with Crippen LogP contribution in [0.4, 0.5) is 0 Å². The Hall–Kier alpha value is -1.58. The van der Waals surface area contributed by atoms with E-state index in [1.165, 1.54) is 18.2 Å². The maximum absolute atomic E-state index is 10.2. The van der Waals surface area contributed by atoms with Gasteiger partial charge in [0.25, 0.3) is 5.70 Å². The predicted octanol–water partition coefficient (Wildman–Crippen LogP) is 1.20. The Bertz CT molecular complexity index is 229. The Kier molecular flexibility index (Phi) is 3.66. The van der Waals surface area contributed by atoms with Crippen molar-refractivity contribution in [3.8, 4) is 0 Å². The smallest absolute Gasteiger partial charge is 0.287 e. The quantitative estimate of drug-likeness (QED) is 0.377. The van der Waals surface area contributed by atoms with E-state index in [1.54, 1.807) is 6.92 Å². The number of rotatable bonds is 3. The van der Waals surface area contributed by atoms with E-state index < -0.39 is 4.92 Å². The van der Waals surface area contributed by atoms with Gasteiger partial charge in [0, 0.05) is 0 Å². The second-order valence-electron chi connectivity index (χ2n) is 1.79. The normalized spacial score (nSPS) is 12.8. The van der Waals surface area contributed by atoms with E-state index in [4.69, 9.17) is 5.73 Å². The van der Waals surface area contributed by atoms with Gasteiger partial charge < -0.3 is 5.73 Å². The second kappa shape index (κ2) is 4.27. The third-order valence-corrected chi connectivity index (χ3v) is 1.06. The molecule has 0 aliphatic carbocycles. The molecule has 0 rings (SSSR count). The first-order chi connectivity index (χ1) is 5.13. The molecule has 0 spiro atoms. The summed E-state index contributed by atoms with van der Waals surface area (Å²) in [5.74, 6) is 0. The van der Waals surface area contributed by atoms with E-state index in [0.717, 1.165) is 0 Å². The zero-order chi connectivity index (χ0) is 8.85. The molecule has 0 aromatic rings. The largest absolute Gasteiger partial charge is 0.393 e. The van der Waals surface area contributed by atoms with Gasteiger partial charge in [0.1, 0.15) is 5.70 Å². The lowest BCUT2D eigenvalue weighted by molar-refractivity contribution is -0.421. The molecule has 4 nitrogen and oxygen atoms in total. The van der Waals surface area contributed by atoms with Crippen LogP contribution in [0.2, 0.25) is 0 Å². The summed E-state index contributed by atoms with van der Waals surface area (Å²) in [5, 5.41) is 10.2. The summed E-state index contributed by atoms with van der Waals surface area (Å²) in [6, 6.07) is 0. The van der Waals surface area contributed by atoms with Crippen molar-refractivity contribution < 1.29 is 4.92 Å². The highest BCUT2D eigenvalue weighted by molar-refractivity contribution is 5.24.